The smallest absolute Gasteiger partial charge is 0.230 e. The van der Waals surface area contributed by atoms with Gasteiger partial charge in [0.25, 0.3) is 0 Å². The van der Waals surface area contributed by atoms with E-state index in [1.807, 2.05) is 6.07 Å². The van der Waals surface area contributed by atoms with E-state index in [-0.39, 0.29) is 17.2 Å². The molecule has 1 saturated carbocycles. The average Bonchev–Trinajstić information content (AvgIpc) is 3.37. The Labute approximate surface area is 178 Å². The first-order valence-corrected chi connectivity index (χ1v) is 11.4. The molecule has 1 saturated heterocycles. The third kappa shape index (κ3) is 3.56. The minimum Gasteiger partial charge on any atom is -0.311 e. The zero-order valence-electron chi connectivity index (χ0n) is 17.9. The van der Waals surface area contributed by atoms with Crippen molar-refractivity contribution in [1.82, 2.24) is 4.90 Å². The summed E-state index contributed by atoms with van der Waals surface area (Å²) in [6.07, 6.45) is 6.56. The molecule has 0 radical (unpaired) electrons. The Morgan fingerprint density at radius 3 is 2.60 bits per heavy atom. The molecule has 2 aromatic carbocycles. The number of amides is 1. The van der Waals surface area contributed by atoms with Crippen LogP contribution in [0, 0.1) is 18.7 Å². The molecule has 0 bridgehead atoms. The lowest BCUT2D eigenvalue weighted by atomic mass is 9.74. The van der Waals surface area contributed by atoms with Gasteiger partial charge in [-0.05, 0) is 75.0 Å². The number of carbonyl (C=O) groups excluding carboxylic acids is 1. The summed E-state index contributed by atoms with van der Waals surface area (Å²) in [5.74, 6) is 0.390. The number of likely N-dealkylation sites (tertiary alicyclic amines) is 1. The quantitative estimate of drug-likeness (QED) is 0.699. The maximum atomic E-state index is 13.6. The number of rotatable bonds is 3. The number of aryl methyl sites for hydroxylation is 1. The van der Waals surface area contributed by atoms with E-state index in [0.717, 1.165) is 63.1 Å². The summed E-state index contributed by atoms with van der Waals surface area (Å²) in [5, 5.41) is 0. The molecule has 2 aromatic rings. The zero-order valence-corrected chi connectivity index (χ0v) is 17.9. The van der Waals surface area contributed by atoms with E-state index in [4.69, 9.17) is 0 Å². The lowest BCUT2D eigenvalue weighted by molar-refractivity contribution is -0.122. The molecule has 2 aliphatic heterocycles. The van der Waals surface area contributed by atoms with Crippen LogP contribution < -0.4 is 4.90 Å². The van der Waals surface area contributed by atoms with Crippen LogP contribution in [0.4, 0.5) is 10.1 Å². The molecule has 0 N–H and O–H groups in total. The van der Waals surface area contributed by atoms with Crippen molar-refractivity contribution in [3.63, 3.8) is 0 Å². The first-order valence-electron chi connectivity index (χ1n) is 11.4. The van der Waals surface area contributed by atoms with Crippen molar-refractivity contribution in [2.75, 3.05) is 24.5 Å². The average molecular weight is 407 g/mol. The lowest BCUT2D eigenvalue weighted by Crippen LogP contribution is -2.46. The number of hydrogen-bond acceptors (Lipinski definition) is 2. The normalized spacial score (nSPS) is 21.3. The van der Waals surface area contributed by atoms with Crippen LogP contribution in [0.2, 0.25) is 0 Å². The van der Waals surface area contributed by atoms with Gasteiger partial charge < -0.3 is 4.90 Å². The molecule has 2 fully saturated rings. The van der Waals surface area contributed by atoms with Gasteiger partial charge in [0, 0.05) is 30.1 Å². The van der Waals surface area contributed by atoms with Crippen LogP contribution in [-0.4, -0.2) is 30.4 Å². The summed E-state index contributed by atoms with van der Waals surface area (Å²) in [5.41, 5.74) is 4.89. The Bertz CT molecular complexity index is 942. The predicted octanol–water partition coefficient (Wildman–Crippen LogP) is 5.20. The van der Waals surface area contributed by atoms with Crippen molar-refractivity contribution in [2.24, 2.45) is 5.92 Å². The second-order valence-electron chi connectivity index (χ2n) is 9.61. The molecule has 4 heteroatoms. The maximum absolute atomic E-state index is 13.6. The molecule has 5 rings (SSSR count). The van der Waals surface area contributed by atoms with E-state index in [1.54, 1.807) is 12.1 Å². The van der Waals surface area contributed by atoms with Gasteiger partial charge in [0.05, 0.1) is 0 Å². The highest BCUT2D eigenvalue weighted by atomic mass is 19.1. The monoisotopic (exact) mass is 406 g/mol. The highest BCUT2D eigenvalue weighted by Crippen LogP contribution is 2.48. The first kappa shape index (κ1) is 19.7. The molecular weight excluding hydrogens is 375 g/mol. The number of fused-ring (bicyclic) bond motifs is 2. The van der Waals surface area contributed by atoms with Gasteiger partial charge in [0.2, 0.25) is 5.91 Å². The van der Waals surface area contributed by atoms with Crippen LogP contribution >= 0.6 is 0 Å². The largest absolute Gasteiger partial charge is 0.311 e. The number of hydrogen-bond donors (Lipinski definition) is 0. The first-order chi connectivity index (χ1) is 14.5. The van der Waals surface area contributed by atoms with Gasteiger partial charge in [-0.1, -0.05) is 42.7 Å². The number of anilines is 1. The molecule has 1 spiro atoms. The van der Waals surface area contributed by atoms with E-state index in [0.29, 0.717) is 5.91 Å². The second-order valence-corrected chi connectivity index (χ2v) is 9.61. The fraction of sp³-hybridized carbons (Fsp3) is 0.500. The molecule has 2 heterocycles. The Balaban J connectivity index is 1.35. The molecule has 0 unspecified atom stereocenters. The van der Waals surface area contributed by atoms with Crippen LogP contribution in [0.25, 0.3) is 0 Å². The summed E-state index contributed by atoms with van der Waals surface area (Å²) in [4.78, 5) is 17.9. The van der Waals surface area contributed by atoms with Crippen molar-refractivity contribution < 1.29 is 9.18 Å². The third-order valence-corrected chi connectivity index (χ3v) is 7.55. The van der Waals surface area contributed by atoms with Crippen LogP contribution in [-0.2, 0) is 16.8 Å². The molecule has 30 heavy (non-hydrogen) atoms. The van der Waals surface area contributed by atoms with E-state index in [9.17, 15) is 9.18 Å². The van der Waals surface area contributed by atoms with Crippen LogP contribution in [0.3, 0.4) is 0 Å². The number of benzene rings is 2. The van der Waals surface area contributed by atoms with Crippen LogP contribution in [0.1, 0.15) is 55.2 Å². The minimum atomic E-state index is -0.165. The van der Waals surface area contributed by atoms with Gasteiger partial charge in [-0.25, -0.2) is 4.39 Å². The number of carbonyl (C=O) groups is 1. The van der Waals surface area contributed by atoms with Crippen molar-refractivity contribution in [1.29, 1.82) is 0 Å². The summed E-state index contributed by atoms with van der Waals surface area (Å²) < 4.78 is 13.6. The number of nitrogens with zero attached hydrogens (tertiary/aromatic N) is 2. The molecule has 1 aliphatic carbocycles. The Morgan fingerprint density at radius 2 is 1.87 bits per heavy atom. The van der Waals surface area contributed by atoms with Gasteiger partial charge in [0.15, 0.2) is 0 Å². The molecule has 3 nitrogen and oxygen atoms in total. The topological polar surface area (TPSA) is 23.6 Å². The molecular formula is C26H31FN2O. The lowest BCUT2D eigenvalue weighted by Gasteiger charge is -2.40. The third-order valence-electron chi connectivity index (χ3n) is 7.55. The fourth-order valence-electron chi connectivity index (χ4n) is 5.83. The Kier molecular flexibility index (Phi) is 5.14. The van der Waals surface area contributed by atoms with Crippen molar-refractivity contribution in [3.05, 3.63) is 65.0 Å². The van der Waals surface area contributed by atoms with Gasteiger partial charge >= 0.3 is 0 Å². The summed E-state index contributed by atoms with van der Waals surface area (Å²) >= 11 is 0. The Morgan fingerprint density at radius 1 is 1.10 bits per heavy atom. The number of piperidine rings is 1. The van der Waals surface area contributed by atoms with Gasteiger partial charge in [0.1, 0.15) is 5.82 Å². The SMILES string of the molecule is Cc1ccc2c(c1)C1(CCN(Cc3cccc(F)c3)CC1)CN2C(=O)C1CCCC1. The van der Waals surface area contributed by atoms with Gasteiger partial charge in [-0.2, -0.15) is 0 Å². The summed E-state index contributed by atoms with van der Waals surface area (Å²) in [6, 6.07) is 13.6. The molecule has 0 atom stereocenters. The molecule has 1 amide bonds. The molecule has 0 aromatic heterocycles. The standard InChI is InChI=1S/C26H31FN2O/c1-19-9-10-24-23(15-19)26(18-29(24)25(30)21-6-2-3-7-21)11-13-28(14-12-26)17-20-5-4-8-22(27)16-20/h4-5,8-10,15-16,21H,2-3,6-7,11-14,17-18H2,1H3. The van der Waals surface area contributed by atoms with Gasteiger partial charge in [-0.15, -0.1) is 0 Å². The molecule has 158 valence electrons. The van der Waals surface area contributed by atoms with E-state index in [2.05, 4.69) is 34.9 Å². The van der Waals surface area contributed by atoms with Crippen molar-refractivity contribution in [2.45, 2.75) is 57.4 Å². The van der Waals surface area contributed by atoms with E-state index < -0.39 is 0 Å². The predicted molar refractivity (Wildman–Crippen MR) is 118 cm³/mol. The van der Waals surface area contributed by atoms with Crippen LogP contribution in [0.5, 0.6) is 0 Å². The van der Waals surface area contributed by atoms with E-state index >= 15 is 0 Å². The number of halogens is 1. The zero-order chi connectivity index (χ0) is 20.7. The summed E-state index contributed by atoms with van der Waals surface area (Å²) in [7, 11) is 0. The fourth-order valence-corrected chi connectivity index (χ4v) is 5.83. The van der Waals surface area contributed by atoms with Crippen molar-refractivity contribution >= 4 is 11.6 Å². The maximum Gasteiger partial charge on any atom is 0.230 e. The molecule has 3 aliphatic rings. The van der Waals surface area contributed by atoms with Crippen molar-refractivity contribution in [3.8, 4) is 0 Å². The second kappa shape index (κ2) is 7.81. The highest BCUT2D eigenvalue weighted by molar-refractivity contribution is 5.98. The van der Waals surface area contributed by atoms with Gasteiger partial charge in [-0.3, -0.25) is 9.69 Å². The minimum absolute atomic E-state index is 0.0635. The van der Waals surface area contributed by atoms with E-state index in [1.165, 1.54) is 30.0 Å². The Hall–Kier alpha value is -2.20. The van der Waals surface area contributed by atoms with Crippen LogP contribution in [0.15, 0.2) is 42.5 Å². The summed E-state index contributed by atoms with van der Waals surface area (Å²) in [6.45, 7) is 5.73. The highest BCUT2D eigenvalue weighted by Gasteiger charge is 2.47.